The zero-order valence-electron chi connectivity index (χ0n) is 1.81. The van der Waals surface area contributed by atoms with E-state index in [0.717, 1.165) is 0 Å². The summed E-state index contributed by atoms with van der Waals surface area (Å²) in [4.78, 5) is 0. The Morgan fingerprint density at radius 2 is 0.750 bits per heavy atom. The Kier molecular flexibility index (Phi) is 112. The molecule has 38 valence electrons. The summed E-state index contributed by atoms with van der Waals surface area (Å²) in [5, 5.41) is 0. The predicted molar refractivity (Wildman–Crippen MR) is 18.5 cm³/mol. The fourth-order valence-electron chi connectivity index (χ4n) is 0. The summed E-state index contributed by atoms with van der Waals surface area (Å²) in [6.45, 7) is 0. The molecule has 0 aromatic heterocycles. The van der Waals surface area contributed by atoms with Crippen LogP contribution in [0.4, 0.5) is 0 Å². The normalized spacial score (nSPS) is 0. The van der Waals surface area contributed by atoms with Gasteiger partial charge in [0, 0.05) is 44.8 Å². The molecule has 0 atom stereocenters. The van der Waals surface area contributed by atoms with Crippen LogP contribution in [0, 0.1) is 0 Å². The van der Waals surface area contributed by atoms with E-state index in [9.17, 15) is 0 Å². The molecular weight excluding hydrogens is 552 g/mol. The summed E-state index contributed by atoms with van der Waals surface area (Å²) >= 11 is 0. The molecule has 0 amide bonds. The molecule has 0 spiro atoms. The van der Waals surface area contributed by atoms with Crippen LogP contribution in [0.15, 0.2) is 0 Å². The van der Waals surface area contributed by atoms with Crippen molar-refractivity contribution in [3.8, 4) is 0 Å². The van der Waals surface area contributed by atoms with E-state index in [1.54, 1.807) is 0 Å². The van der Waals surface area contributed by atoms with Gasteiger partial charge in [-0.25, -0.2) is 0 Å². The predicted octanol–water partition coefficient (Wildman–Crippen LogP) is -2.11. The van der Waals surface area contributed by atoms with Gasteiger partial charge < -0.3 is 0 Å². The number of hydrogen-bond donors (Lipinski definition) is 0. The van der Waals surface area contributed by atoms with Crippen molar-refractivity contribution in [3.05, 3.63) is 0 Å². The van der Waals surface area contributed by atoms with Gasteiger partial charge in [0.25, 0.3) is 0 Å². The SMILES string of the molecule is [Ag].[Ag].[BiH3].[TeH2]. The number of rotatable bonds is 0. The van der Waals surface area contributed by atoms with Gasteiger partial charge in [0.2, 0.25) is 0 Å². The second kappa shape index (κ2) is 16.4. The molecule has 2 radical (unpaired) electrons. The summed E-state index contributed by atoms with van der Waals surface area (Å²) in [5.74, 6) is 0. The molecule has 0 unspecified atom stereocenters. The summed E-state index contributed by atoms with van der Waals surface area (Å²) in [7, 11) is 0. The van der Waals surface area contributed by atoms with E-state index in [4.69, 9.17) is 0 Å². The Morgan fingerprint density at radius 3 is 0.750 bits per heavy atom. The van der Waals surface area contributed by atoms with Gasteiger partial charge in [-0.15, -0.1) is 0 Å². The summed E-state index contributed by atoms with van der Waals surface area (Å²) < 4.78 is 0. The van der Waals surface area contributed by atoms with Gasteiger partial charge >= 0.3 is 49.9 Å². The molecule has 0 aliphatic carbocycles. The zero-order valence-corrected chi connectivity index (χ0v) is 13.1. The molecule has 0 nitrogen and oxygen atoms in total. The Labute approximate surface area is 92.7 Å². The van der Waals surface area contributed by atoms with E-state index in [1.165, 1.54) is 0 Å². The van der Waals surface area contributed by atoms with Crippen LogP contribution in [0.1, 0.15) is 0 Å². The summed E-state index contributed by atoms with van der Waals surface area (Å²) in [6, 6.07) is 0. The van der Waals surface area contributed by atoms with Crippen molar-refractivity contribution in [1.82, 2.24) is 0 Å². The molecule has 0 bridgehead atoms. The van der Waals surface area contributed by atoms with E-state index in [1.807, 2.05) is 0 Å². The van der Waals surface area contributed by atoms with Crippen LogP contribution in [-0.2, 0) is 44.8 Å². The second-order valence-electron chi connectivity index (χ2n) is 0. The minimum absolute atomic E-state index is 0. The zero-order chi connectivity index (χ0) is 0. The molecule has 0 N–H and O–H groups in total. The Bertz CT molecular complexity index is 6.00. The van der Waals surface area contributed by atoms with E-state index in [2.05, 4.69) is 0 Å². The standard InChI is InChI=1S/2Ag.Bi.H2Te.3H/h;;;1H2;;;. The van der Waals surface area contributed by atoms with Crippen LogP contribution in [0.5, 0.6) is 0 Å². The number of hydrogen-bond acceptors (Lipinski definition) is 0. The van der Waals surface area contributed by atoms with Gasteiger partial charge in [0.15, 0.2) is 0 Å². The van der Waals surface area contributed by atoms with E-state index in [-0.39, 0.29) is 94.6 Å². The minimum atomic E-state index is 0. The summed E-state index contributed by atoms with van der Waals surface area (Å²) in [5.41, 5.74) is 0. The maximum atomic E-state index is 0. The van der Waals surface area contributed by atoms with Crippen molar-refractivity contribution in [1.29, 1.82) is 0 Å². The van der Waals surface area contributed by atoms with E-state index in [0.29, 0.717) is 0 Å². The van der Waals surface area contributed by atoms with Gasteiger partial charge in [-0.1, -0.05) is 0 Å². The van der Waals surface area contributed by atoms with Crippen molar-refractivity contribution in [2.45, 2.75) is 0 Å². The quantitative estimate of drug-likeness (QED) is 0.300. The van der Waals surface area contributed by atoms with E-state index >= 15 is 0 Å². The molecule has 0 saturated heterocycles. The second-order valence-corrected chi connectivity index (χ2v) is 0. The van der Waals surface area contributed by atoms with Gasteiger partial charge in [-0.3, -0.25) is 0 Å². The summed E-state index contributed by atoms with van der Waals surface area (Å²) in [6.07, 6.45) is 0. The van der Waals surface area contributed by atoms with Crippen LogP contribution >= 0.6 is 0 Å². The third-order valence-electron chi connectivity index (χ3n) is 0. The molecule has 0 aromatic rings. The van der Waals surface area contributed by atoms with Gasteiger partial charge in [0.1, 0.15) is 0 Å². The van der Waals surface area contributed by atoms with Gasteiger partial charge in [-0.05, 0) is 0 Å². The first-order chi connectivity index (χ1) is 0. The van der Waals surface area contributed by atoms with Crippen molar-refractivity contribution in [2.24, 2.45) is 0 Å². The average Bonchev–Trinajstić information content (AvgIpc) is 0. The molecule has 0 aromatic carbocycles. The van der Waals surface area contributed by atoms with Gasteiger partial charge in [-0.2, -0.15) is 0 Å². The van der Waals surface area contributed by atoms with Crippen molar-refractivity contribution >= 4 is 49.9 Å². The third-order valence-corrected chi connectivity index (χ3v) is 0. The molecule has 0 aliphatic heterocycles. The Hall–Kier alpha value is 3.15. The van der Waals surface area contributed by atoms with Gasteiger partial charge in [0.05, 0.1) is 0 Å². The van der Waals surface area contributed by atoms with Crippen molar-refractivity contribution < 1.29 is 44.8 Å². The Balaban J connectivity index is 0. The first kappa shape index (κ1) is 27.2. The fourth-order valence-corrected chi connectivity index (χ4v) is 0. The molecular formula is H5Ag2BiTe. The molecule has 4 heteroatoms. The molecule has 0 heterocycles. The first-order valence-corrected chi connectivity index (χ1v) is 0. The van der Waals surface area contributed by atoms with Crippen LogP contribution in [0.2, 0.25) is 0 Å². The molecule has 4 heavy (non-hydrogen) atoms. The molecule has 0 aliphatic rings. The molecule has 0 rings (SSSR count). The first-order valence-electron chi connectivity index (χ1n) is 0. The molecule has 0 fully saturated rings. The maximum absolute atomic E-state index is 0. The molecule has 0 saturated carbocycles. The third kappa shape index (κ3) is 8.94. The van der Waals surface area contributed by atoms with E-state index < -0.39 is 0 Å². The van der Waals surface area contributed by atoms with Crippen LogP contribution < -0.4 is 0 Å². The van der Waals surface area contributed by atoms with Crippen molar-refractivity contribution in [2.75, 3.05) is 0 Å². The monoisotopic (exact) mass is 558 g/mol. The van der Waals surface area contributed by atoms with Crippen LogP contribution in [0.3, 0.4) is 0 Å². The average molecular weight is 557 g/mol. The van der Waals surface area contributed by atoms with Crippen LogP contribution in [-0.4, -0.2) is 49.9 Å². The topological polar surface area (TPSA) is 0 Å². The Morgan fingerprint density at radius 1 is 0.750 bits per heavy atom. The fraction of sp³-hybridized carbons (Fsp3) is 0. The van der Waals surface area contributed by atoms with Crippen LogP contribution in [0.25, 0.3) is 0 Å². The van der Waals surface area contributed by atoms with Crippen molar-refractivity contribution in [3.63, 3.8) is 0 Å².